The first kappa shape index (κ1) is 11.4. The standard InChI is InChI=1S/C12H16FNO2/c1-15-11-4-2-3-9(12(11)13)7-14-10-5-6-16-8-10/h2-4,10,14H,5-8H2,1H3. The van der Waals surface area contributed by atoms with Crippen molar-refractivity contribution in [3.05, 3.63) is 29.6 Å². The van der Waals surface area contributed by atoms with Gasteiger partial charge in [-0.1, -0.05) is 12.1 Å². The lowest BCUT2D eigenvalue weighted by Gasteiger charge is -2.12. The molecule has 0 bridgehead atoms. The van der Waals surface area contributed by atoms with E-state index >= 15 is 0 Å². The molecule has 0 aliphatic carbocycles. The van der Waals surface area contributed by atoms with Crippen LogP contribution in [0.1, 0.15) is 12.0 Å². The van der Waals surface area contributed by atoms with Crippen LogP contribution < -0.4 is 10.1 Å². The summed E-state index contributed by atoms with van der Waals surface area (Å²) < 4.78 is 23.9. The fourth-order valence-corrected chi connectivity index (χ4v) is 1.80. The Bertz CT molecular complexity index is 351. The van der Waals surface area contributed by atoms with E-state index in [0.29, 0.717) is 30.5 Å². The van der Waals surface area contributed by atoms with Crippen molar-refractivity contribution < 1.29 is 13.9 Å². The summed E-state index contributed by atoms with van der Waals surface area (Å²) in [5, 5.41) is 3.27. The first-order chi connectivity index (χ1) is 7.81. The van der Waals surface area contributed by atoms with Crippen LogP contribution in [-0.2, 0) is 11.3 Å². The van der Waals surface area contributed by atoms with Gasteiger partial charge in [-0.15, -0.1) is 0 Å². The molecule has 88 valence electrons. The molecule has 1 saturated heterocycles. The Labute approximate surface area is 94.6 Å². The molecule has 2 rings (SSSR count). The molecule has 0 spiro atoms. The Morgan fingerprint density at radius 1 is 1.56 bits per heavy atom. The molecule has 1 aliphatic rings. The van der Waals surface area contributed by atoms with Gasteiger partial charge in [0.1, 0.15) is 0 Å². The summed E-state index contributed by atoms with van der Waals surface area (Å²) in [4.78, 5) is 0. The molecule has 1 unspecified atom stereocenters. The Kier molecular flexibility index (Phi) is 3.74. The van der Waals surface area contributed by atoms with Crippen molar-refractivity contribution in [1.29, 1.82) is 0 Å². The van der Waals surface area contributed by atoms with E-state index in [1.807, 2.05) is 0 Å². The van der Waals surface area contributed by atoms with E-state index in [2.05, 4.69) is 5.32 Å². The van der Waals surface area contributed by atoms with Gasteiger partial charge in [-0.05, 0) is 12.5 Å². The lowest BCUT2D eigenvalue weighted by Crippen LogP contribution is -2.28. The van der Waals surface area contributed by atoms with Crippen molar-refractivity contribution in [3.8, 4) is 5.75 Å². The van der Waals surface area contributed by atoms with Crippen molar-refractivity contribution in [1.82, 2.24) is 5.32 Å². The van der Waals surface area contributed by atoms with Gasteiger partial charge in [0.05, 0.1) is 13.7 Å². The molecule has 1 N–H and O–H groups in total. The molecule has 0 aromatic heterocycles. The van der Waals surface area contributed by atoms with E-state index < -0.39 is 0 Å². The molecule has 4 heteroatoms. The van der Waals surface area contributed by atoms with E-state index in [4.69, 9.17) is 9.47 Å². The predicted molar refractivity (Wildman–Crippen MR) is 59.0 cm³/mol. The number of ether oxygens (including phenoxy) is 2. The van der Waals surface area contributed by atoms with Crippen molar-refractivity contribution in [2.75, 3.05) is 20.3 Å². The van der Waals surface area contributed by atoms with E-state index in [0.717, 1.165) is 13.0 Å². The molecule has 1 fully saturated rings. The number of halogens is 1. The minimum absolute atomic E-state index is 0.281. The molecular weight excluding hydrogens is 209 g/mol. The molecule has 0 radical (unpaired) electrons. The summed E-state index contributed by atoms with van der Waals surface area (Å²) in [7, 11) is 1.47. The summed E-state index contributed by atoms with van der Waals surface area (Å²) in [6, 6.07) is 5.52. The molecule has 0 amide bonds. The summed E-state index contributed by atoms with van der Waals surface area (Å²) >= 11 is 0. The third kappa shape index (κ3) is 2.51. The van der Waals surface area contributed by atoms with E-state index in [-0.39, 0.29) is 5.82 Å². The summed E-state index contributed by atoms with van der Waals surface area (Å²) in [6.45, 7) is 2.01. The van der Waals surface area contributed by atoms with Gasteiger partial charge in [-0.25, -0.2) is 4.39 Å². The number of hydrogen-bond donors (Lipinski definition) is 1. The highest BCUT2D eigenvalue weighted by Gasteiger charge is 2.16. The van der Waals surface area contributed by atoms with Crippen LogP contribution in [0.5, 0.6) is 5.75 Å². The van der Waals surface area contributed by atoms with Gasteiger partial charge in [0.25, 0.3) is 0 Å². The quantitative estimate of drug-likeness (QED) is 0.846. The minimum Gasteiger partial charge on any atom is -0.494 e. The van der Waals surface area contributed by atoms with Crippen LogP contribution in [0.25, 0.3) is 0 Å². The van der Waals surface area contributed by atoms with E-state index in [9.17, 15) is 4.39 Å². The molecule has 1 aromatic carbocycles. The van der Waals surface area contributed by atoms with Crippen LogP contribution >= 0.6 is 0 Å². The Morgan fingerprint density at radius 3 is 3.12 bits per heavy atom. The van der Waals surface area contributed by atoms with Crippen molar-refractivity contribution in [2.45, 2.75) is 19.0 Å². The van der Waals surface area contributed by atoms with Crippen LogP contribution in [0.4, 0.5) is 4.39 Å². The monoisotopic (exact) mass is 225 g/mol. The average Bonchev–Trinajstić information content (AvgIpc) is 2.81. The second-order valence-electron chi connectivity index (χ2n) is 3.87. The average molecular weight is 225 g/mol. The zero-order valence-corrected chi connectivity index (χ0v) is 9.33. The molecule has 1 aliphatic heterocycles. The first-order valence-electron chi connectivity index (χ1n) is 5.44. The molecule has 1 aromatic rings. The SMILES string of the molecule is COc1cccc(CNC2CCOC2)c1F. The fourth-order valence-electron chi connectivity index (χ4n) is 1.80. The third-order valence-electron chi connectivity index (χ3n) is 2.77. The Hall–Kier alpha value is -1.13. The number of nitrogens with one attached hydrogen (secondary N) is 1. The Morgan fingerprint density at radius 2 is 2.44 bits per heavy atom. The predicted octanol–water partition coefficient (Wildman–Crippen LogP) is 1.71. The highest BCUT2D eigenvalue weighted by atomic mass is 19.1. The maximum Gasteiger partial charge on any atom is 0.169 e. The van der Waals surface area contributed by atoms with E-state index in [1.165, 1.54) is 7.11 Å². The zero-order valence-electron chi connectivity index (χ0n) is 9.33. The van der Waals surface area contributed by atoms with Crippen LogP contribution in [0, 0.1) is 5.82 Å². The second kappa shape index (κ2) is 5.27. The maximum atomic E-state index is 13.8. The number of hydrogen-bond acceptors (Lipinski definition) is 3. The molecule has 3 nitrogen and oxygen atoms in total. The number of benzene rings is 1. The van der Waals surface area contributed by atoms with Gasteiger partial charge in [-0.3, -0.25) is 0 Å². The highest BCUT2D eigenvalue weighted by molar-refractivity contribution is 5.30. The van der Waals surface area contributed by atoms with Crippen molar-refractivity contribution in [2.24, 2.45) is 0 Å². The van der Waals surface area contributed by atoms with Crippen LogP contribution in [0.15, 0.2) is 18.2 Å². The fraction of sp³-hybridized carbons (Fsp3) is 0.500. The van der Waals surface area contributed by atoms with Crippen molar-refractivity contribution >= 4 is 0 Å². The minimum atomic E-state index is -0.281. The van der Waals surface area contributed by atoms with Crippen LogP contribution in [0.3, 0.4) is 0 Å². The molecule has 1 atom stereocenters. The Balaban J connectivity index is 1.97. The maximum absolute atomic E-state index is 13.8. The number of rotatable bonds is 4. The van der Waals surface area contributed by atoms with Crippen LogP contribution in [0.2, 0.25) is 0 Å². The third-order valence-corrected chi connectivity index (χ3v) is 2.77. The van der Waals surface area contributed by atoms with E-state index in [1.54, 1.807) is 18.2 Å². The summed E-state index contributed by atoms with van der Waals surface area (Å²) in [5.41, 5.74) is 0.631. The zero-order chi connectivity index (χ0) is 11.4. The molecule has 16 heavy (non-hydrogen) atoms. The van der Waals surface area contributed by atoms with Gasteiger partial charge >= 0.3 is 0 Å². The lowest BCUT2D eigenvalue weighted by molar-refractivity contribution is 0.189. The second-order valence-corrected chi connectivity index (χ2v) is 3.87. The highest BCUT2D eigenvalue weighted by Crippen LogP contribution is 2.20. The van der Waals surface area contributed by atoms with Gasteiger partial charge in [0.15, 0.2) is 11.6 Å². The topological polar surface area (TPSA) is 30.5 Å². The largest absolute Gasteiger partial charge is 0.494 e. The summed E-state index contributed by atoms with van der Waals surface area (Å²) in [6.07, 6.45) is 0.992. The van der Waals surface area contributed by atoms with Crippen LogP contribution in [-0.4, -0.2) is 26.4 Å². The normalized spacial score (nSPS) is 20.0. The van der Waals surface area contributed by atoms with Gasteiger partial charge in [0.2, 0.25) is 0 Å². The molecule has 0 saturated carbocycles. The smallest absolute Gasteiger partial charge is 0.169 e. The molecular formula is C12H16FNO2. The summed E-state index contributed by atoms with van der Waals surface area (Å²) in [5.74, 6) is 0.0124. The number of methoxy groups -OCH3 is 1. The first-order valence-corrected chi connectivity index (χ1v) is 5.44. The van der Waals surface area contributed by atoms with Gasteiger partial charge in [0, 0.05) is 24.8 Å². The van der Waals surface area contributed by atoms with Gasteiger partial charge < -0.3 is 14.8 Å². The van der Waals surface area contributed by atoms with Crippen molar-refractivity contribution in [3.63, 3.8) is 0 Å². The molecule has 1 heterocycles. The van der Waals surface area contributed by atoms with Gasteiger partial charge in [-0.2, -0.15) is 0 Å². The lowest BCUT2D eigenvalue weighted by atomic mass is 10.1.